The molecule has 4 rings (SSSR count). The van der Waals surface area contributed by atoms with Gasteiger partial charge in [0, 0.05) is 58.2 Å². The minimum absolute atomic E-state index is 0.0139. The molecule has 2 heterocycles. The summed E-state index contributed by atoms with van der Waals surface area (Å²) in [6.45, 7) is 7.24. The number of methoxy groups -OCH3 is 2. The summed E-state index contributed by atoms with van der Waals surface area (Å²) < 4.78 is 24.6. The minimum Gasteiger partial charge on any atom is -0.355 e. The zero-order chi connectivity index (χ0) is 24.4. The molecule has 0 aromatic heterocycles. The third-order valence-electron chi connectivity index (χ3n) is 6.90. The molecule has 34 heavy (non-hydrogen) atoms. The van der Waals surface area contributed by atoms with Crippen molar-refractivity contribution in [3.8, 4) is 0 Å². The van der Waals surface area contributed by atoms with Gasteiger partial charge in [-0.2, -0.15) is 0 Å². The summed E-state index contributed by atoms with van der Waals surface area (Å²) in [4.78, 5) is 32.4. The Bertz CT molecular complexity index is 1060. The van der Waals surface area contributed by atoms with Crippen LogP contribution in [-0.4, -0.2) is 74.8 Å². The summed E-state index contributed by atoms with van der Waals surface area (Å²) in [6.07, 6.45) is -0.147. The largest absolute Gasteiger partial charge is 0.355 e. The van der Waals surface area contributed by atoms with E-state index < -0.39 is 11.9 Å². The number of amides is 2. The summed E-state index contributed by atoms with van der Waals surface area (Å²) in [5.74, 6) is -0.628. The quantitative estimate of drug-likeness (QED) is 0.583. The van der Waals surface area contributed by atoms with Crippen LogP contribution in [0.4, 0.5) is 10.1 Å². The van der Waals surface area contributed by atoms with Crippen LogP contribution in [-0.2, 0) is 14.3 Å². The summed E-state index contributed by atoms with van der Waals surface area (Å²) in [7, 11) is 3.23. The molecule has 1 unspecified atom stereocenters. The molecule has 8 heteroatoms. The predicted octanol–water partition coefficient (Wildman–Crippen LogP) is 3.30. The summed E-state index contributed by atoms with van der Waals surface area (Å²) in [6, 6.07) is 9.40. The Morgan fingerprint density at radius 2 is 1.74 bits per heavy atom. The fourth-order valence-corrected chi connectivity index (χ4v) is 4.76. The van der Waals surface area contributed by atoms with Crippen LogP contribution >= 0.6 is 0 Å². The van der Waals surface area contributed by atoms with Gasteiger partial charge in [-0.3, -0.25) is 14.5 Å². The molecule has 2 aromatic carbocycles. The molecule has 2 aliphatic rings. The first kappa shape index (κ1) is 24.3. The van der Waals surface area contributed by atoms with E-state index in [1.807, 2.05) is 30.9 Å². The van der Waals surface area contributed by atoms with Crippen molar-refractivity contribution in [2.24, 2.45) is 0 Å². The van der Waals surface area contributed by atoms with Gasteiger partial charge in [0.05, 0.1) is 12.5 Å². The molecular formula is C26H32FN3O4. The average molecular weight is 470 g/mol. The molecule has 2 aliphatic heterocycles. The maximum atomic E-state index is 14.0. The van der Waals surface area contributed by atoms with E-state index in [2.05, 4.69) is 4.90 Å². The highest BCUT2D eigenvalue weighted by Gasteiger charge is 2.40. The van der Waals surface area contributed by atoms with Crippen molar-refractivity contribution in [2.75, 3.05) is 51.8 Å². The van der Waals surface area contributed by atoms with E-state index in [1.54, 1.807) is 31.3 Å². The van der Waals surface area contributed by atoms with Crippen molar-refractivity contribution in [3.63, 3.8) is 0 Å². The van der Waals surface area contributed by atoms with Crippen molar-refractivity contribution >= 4 is 17.5 Å². The van der Waals surface area contributed by atoms with Gasteiger partial charge in [0.2, 0.25) is 5.91 Å². The Balaban J connectivity index is 1.54. The van der Waals surface area contributed by atoms with Crippen molar-refractivity contribution in [1.82, 2.24) is 9.80 Å². The average Bonchev–Trinajstić information content (AvgIpc) is 3.08. The Hall–Kier alpha value is -2.81. The third-order valence-corrected chi connectivity index (χ3v) is 6.90. The second-order valence-corrected chi connectivity index (χ2v) is 8.98. The summed E-state index contributed by atoms with van der Waals surface area (Å²) in [5, 5.41) is 0. The second kappa shape index (κ2) is 10.2. The molecule has 0 spiro atoms. The fourth-order valence-electron chi connectivity index (χ4n) is 4.76. The van der Waals surface area contributed by atoms with Crippen LogP contribution in [0.1, 0.15) is 39.5 Å². The normalized spacial score (nSPS) is 18.6. The zero-order valence-electron chi connectivity index (χ0n) is 20.2. The number of hydrogen-bond donors (Lipinski definition) is 0. The first-order valence-corrected chi connectivity index (χ1v) is 11.6. The van der Waals surface area contributed by atoms with Crippen molar-refractivity contribution in [3.05, 3.63) is 64.5 Å². The molecule has 0 bridgehead atoms. The first-order valence-electron chi connectivity index (χ1n) is 11.6. The molecule has 0 aliphatic carbocycles. The number of rotatable bonds is 7. The van der Waals surface area contributed by atoms with Gasteiger partial charge in [-0.25, -0.2) is 4.39 Å². The summed E-state index contributed by atoms with van der Waals surface area (Å²) >= 11 is 0. The van der Waals surface area contributed by atoms with Crippen molar-refractivity contribution < 1.29 is 23.5 Å². The van der Waals surface area contributed by atoms with Crippen LogP contribution < -0.4 is 4.90 Å². The van der Waals surface area contributed by atoms with Gasteiger partial charge in [0.1, 0.15) is 5.82 Å². The lowest BCUT2D eigenvalue weighted by atomic mass is 9.96. The molecule has 0 saturated carbocycles. The van der Waals surface area contributed by atoms with Gasteiger partial charge in [0.15, 0.2) is 6.29 Å². The lowest BCUT2D eigenvalue weighted by Gasteiger charge is -2.36. The second-order valence-electron chi connectivity index (χ2n) is 8.98. The Kier molecular flexibility index (Phi) is 7.30. The number of hydrogen-bond acceptors (Lipinski definition) is 5. The zero-order valence-corrected chi connectivity index (χ0v) is 20.2. The number of fused-ring (bicyclic) bond motifs is 1. The molecule has 1 fully saturated rings. The number of aryl methyl sites for hydroxylation is 2. The van der Waals surface area contributed by atoms with E-state index in [1.165, 1.54) is 12.1 Å². The monoisotopic (exact) mass is 469 g/mol. The van der Waals surface area contributed by atoms with Crippen LogP contribution in [0.15, 0.2) is 36.4 Å². The maximum Gasteiger partial charge on any atom is 0.259 e. The van der Waals surface area contributed by atoms with Gasteiger partial charge in [0.25, 0.3) is 5.91 Å². The minimum atomic E-state index is -0.472. The summed E-state index contributed by atoms with van der Waals surface area (Å²) in [5.41, 5.74) is 3.95. The number of halogens is 1. The van der Waals surface area contributed by atoms with E-state index in [0.29, 0.717) is 30.9 Å². The molecule has 1 saturated heterocycles. The van der Waals surface area contributed by atoms with Crippen LogP contribution in [0.3, 0.4) is 0 Å². The lowest BCUT2D eigenvalue weighted by molar-refractivity contribution is -0.136. The van der Waals surface area contributed by atoms with E-state index in [4.69, 9.17) is 9.47 Å². The number of anilines is 1. The van der Waals surface area contributed by atoms with Crippen LogP contribution in [0.2, 0.25) is 0 Å². The van der Waals surface area contributed by atoms with Gasteiger partial charge >= 0.3 is 0 Å². The molecule has 182 valence electrons. The van der Waals surface area contributed by atoms with Gasteiger partial charge in [-0.1, -0.05) is 12.1 Å². The highest BCUT2D eigenvalue weighted by Crippen LogP contribution is 2.41. The molecule has 7 nitrogen and oxygen atoms in total. The maximum absolute atomic E-state index is 14.0. The SMILES string of the molecule is COC(CN1CCN(C(=O)CC2c3cc(C)c(C)cc3C(=O)N2c2cccc(F)c2)CC1)OC. The number of ether oxygens (including phenoxy) is 2. The number of carbonyl (C=O) groups is 2. The van der Waals surface area contributed by atoms with Crippen LogP contribution in [0.5, 0.6) is 0 Å². The van der Waals surface area contributed by atoms with Crippen LogP contribution in [0.25, 0.3) is 0 Å². The van der Waals surface area contributed by atoms with E-state index in [-0.39, 0.29) is 24.5 Å². The Labute approximate surface area is 200 Å². The Morgan fingerprint density at radius 1 is 1.06 bits per heavy atom. The molecular weight excluding hydrogens is 437 g/mol. The standard InChI is InChI=1S/C26H32FN3O4/c1-17-12-21-22(13-18(17)2)26(32)30(20-7-5-6-19(27)14-20)23(21)15-24(31)29-10-8-28(9-11-29)16-25(33-3)34-4/h5-7,12-14,23,25H,8-11,15-16H2,1-4H3. The van der Waals surface area contributed by atoms with Crippen LogP contribution in [0, 0.1) is 19.7 Å². The Morgan fingerprint density at radius 3 is 2.38 bits per heavy atom. The number of benzene rings is 2. The van der Waals surface area contributed by atoms with Gasteiger partial charge < -0.3 is 19.3 Å². The molecule has 1 atom stereocenters. The third kappa shape index (κ3) is 4.85. The van der Waals surface area contributed by atoms with Gasteiger partial charge in [-0.15, -0.1) is 0 Å². The number of carbonyl (C=O) groups excluding carboxylic acids is 2. The fraction of sp³-hybridized carbons (Fsp3) is 0.462. The molecule has 0 N–H and O–H groups in total. The smallest absolute Gasteiger partial charge is 0.259 e. The predicted molar refractivity (Wildman–Crippen MR) is 127 cm³/mol. The van der Waals surface area contributed by atoms with E-state index >= 15 is 0 Å². The highest BCUT2D eigenvalue weighted by atomic mass is 19.1. The molecule has 2 aromatic rings. The topological polar surface area (TPSA) is 62.3 Å². The molecule has 2 amide bonds. The lowest BCUT2D eigenvalue weighted by Crippen LogP contribution is -2.51. The highest BCUT2D eigenvalue weighted by molar-refractivity contribution is 6.11. The van der Waals surface area contributed by atoms with E-state index in [9.17, 15) is 14.0 Å². The molecule has 0 radical (unpaired) electrons. The first-order chi connectivity index (χ1) is 16.3. The van der Waals surface area contributed by atoms with Gasteiger partial charge in [-0.05, 0) is 54.8 Å². The number of piperazine rings is 1. The van der Waals surface area contributed by atoms with Crippen molar-refractivity contribution in [2.45, 2.75) is 32.6 Å². The van der Waals surface area contributed by atoms with Crippen molar-refractivity contribution in [1.29, 1.82) is 0 Å². The van der Waals surface area contributed by atoms with E-state index in [0.717, 1.165) is 29.8 Å². The number of nitrogens with zero attached hydrogens (tertiary/aromatic N) is 3.